The Morgan fingerprint density at radius 1 is 1.27 bits per heavy atom. The number of nitrogens with zero attached hydrogens (tertiary/aromatic N) is 3. The van der Waals surface area contributed by atoms with Crippen LogP contribution in [-0.2, 0) is 0 Å². The van der Waals surface area contributed by atoms with Crippen LogP contribution < -0.4 is 5.73 Å². The first-order chi connectivity index (χ1) is 7.34. The zero-order valence-corrected chi connectivity index (χ0v) is 8.30. The Morgan fingerprint density at radius 3 is 2.80 bits per heavy atom. The van der Waals surface area contributed by atoms with Gasteiger partial charge >= 0.3 is 0 Å². The van der Waals surface area contributed by atoms with Gasteiger partial charge in [0.05, 0.1) is 18.2 Å². The molecule has 0 aromatic carbocycles. The highest BCUT2D eigenvalue weighted by molar-refractivity contribution is 5.59. The lowest BCUT2D eigenvalue weighted by molar-refractivity contribution is 0.747. The van der Waals surface area contributed by atoms with Crippen LogP contribution in [-0.4, -0.2) is 14.5 Å². The van der Waals surface area contributed by atoms with Crippen LogP contribution in [0.25, 0.3) is 11.3 Å². The zero-order valence-electron chi connectivity index (χ0n) is 8.30. The maximum Gasteiger partial charge on any atom is 0.123 e. The largest absolute Gasteiger partial charge is 0.384 e. The van der Waals surface area contributed by atoms with Crippen molar-refractivity contribution in [2.24, 2.45) is 0 Å². The van der Waals surface area contributed by atoms with Crippen molar-refractivity contribution in [2.75, 3.05) is 5.73 Å². The Bertz CT molecular complexity index is 468. The highest BCUT2D eigenvalue weighted by Crippen LogP contribution is 2.37. The molecule has 1 fully saturated rings. The fraction of sp³-hybridized carbons (Fsp3) is 0.273. The van der Waals surface area contributed by atoms with Crippen molar-refractivity contribution in [3.63, 3.8) is 0 Å². The Kier molecular flexibility index (Phi) is 1.74. The molecule has 2 aromatic heterocycles. The van der Waals surface area contributed by atoms with Gasteiger partial charge in [0.15, 0.2) is 0 Å². The van der Waals surface area contributed by atoms with E-state index in [0.717, 1.165) is 11.3 Å². The van der Waals surface area contributed by atoms with E-state index in [1.807, 2.05) is 24.7 Å². The smallest absolute Gasteiger partial charge is 0.123 e. The second kappa shape index (κ2) is 3.08. The lowest BCUT2D eigenvalue weighted by atomic mass is 10.2. The van der Waals surface area contributed by atoms with E-state index in [0.29, 0.717) is 11.9 Å². The van der Waals surface area contributed by atoms with Gasteiger partial charge in [-0.3, -0.25) is 0 Å². The van der Waals surface area contributed by atoms with Crippen molar-refractivity contribution < 1.29 is 0 Å². The van der Waals surface area contributed by atoms with Gasteiger partial charge in [0.25, 0.3) is 0 Å². The number of aromatic nitrogens is 3. The van der Waals surface area contributed by atoms with Crippen LogP contribution in [0.3, 0.4) is 0 Å². The Labute approximate surface area is 87.8 Å². The van der Waals surface area contributed by atoms with Gasteiger partial charge in [-0.05, 0) is 25.0 Å². The molecule has 0 bridgehead atoms. The van der Waals surface area contributed by atoms with Crippen LogP contribution in [0.15, 0.2) is 30.9 Å². The first-order valence-electron chi connectivity index (χ1n) is 5.08. The molecule has 1 saturated carbocycles. The van der Waals surface area contributed by atoms with Gasteiger partial charge in [-0.25, -0.2) is 9.97 Å². The van der Waals surface area contributed by atoms with Gasteiger partial charge in [-0.2, -0.15) is 0 Å². The molecule has 1 aliphatic carbocycles. The van der Waals surface area contributed by atoms with Crippen molar-refractivity contribution >= 4 is 5.82 Å². The van der Waals surface area contributed by atoms with Gasteiger partial charge in [0.1, 0.15) is 5.82 Å². The predicted octanol–water partition coefficient (Wildman–Crippen LogP) is 1.86. The minimum atomic E-state index is 0.552. The molecule has 2 heterocycles. The van der Waals surface area contributed by atoms with E-state index >= 15 is 0 Å². The lowest BCUT2D eigenvalue weighted by Crippen LogP contribution is -1.95. The van der Waals surface area contributed by atoms with E-state index in [1.165, 1.54) is 12.8 Å². The highest BCUT2D eigenvalue weighted by atomic mass is 15.1. The average Bonchev–Trinajstić information content (AvgIpc) is 2.98. The summed E-state index contributed by atoms with van der Waals surface area (Å²) < 4.78 is 2.22. The van der Waals surface area contributed by atoms with Crippen molar-refractivity contribution in [2.45, 2.75) is 18.9 Å². The normalized spacial score (nSPS) is 15.5. The standard InChI is InChI=1S/C11H12N4/c12-11-4-1-8(5-14-11)10-6-13-7-15(10)9-2-3-9/h1,4-7,9H,2-3H2,(H2,12,14). The summed E-state index contributed by atoms with van der Waals surface area (Å²) in [5, 5.41) is 0. The monoisotopic (exact) mass is 200 g/mol. The molecule has 0 saturated heterocycles. The number of nitrogen functional groups attached to an aromatic ring is 1. The fourth-order valence-corrected chi connectivity index (χ4v) is 1.73. The predicted molar refractivity (Wildman–Crippen MR) is 58.1 cm³/mol. The summed E-state index contributed by atoms with van der Waals surface area (Å²) in [6.07, 6.45) is 8.08. The molecule has 76 valence electrons. The molecule has 2 N–H and O–H groups in total. The van der Waals surface area contributed by atoms with E-state index in [2.05, 4.69) is 14.5 Å². The van der Waals surface area contributed by atoms with Gasteiger partial charge in [-0.1, -0.05) is 0 Å². The summed E-state index contributed by atoms with van der Waals surface area (Å²) in [7, 11) is 0. The molecule has 15 heavy (non-hydrogen) atoms. The van der Waals surface area contributed by atoms with E-state index in [4.69, 9.17) is 5.73 Å². The summed E-state index contributed by atoms with van der Waals surface area (Å²) in [5.41, 5.74) is 7.76. The second-order valence-corrected chi connectivity index (χ2v) is 3.89. The number of hydrogen-bond acceptors (Lipinski definition) is 3. The Morgan fingerprint density at radius 2 is 2.13 bits per heavy atom. The van der Waals surface area contributed by atoms with Gasteiger partial charge in [0, 0.05) is 17.8 Å². The molecule has 4 heteroatoms. The molecule has 1 aliphatic rings. The summed E-state index contributed by atoms with van der Waals surface area (Å²) in [4.78, 5) is 8.28. The third-order valence-corrected chi connectivity index (χ3v) is 2.69. The van der Waals surface area contributed by atoms with Gasteiger partial charge in [-0.15, -0.1) is 0 Å². The molecule has 0 radical (unpaired) electrons. The van der Waals surface area contributed by atoms with E-state index in [9.17, 15) is 0 Å². The van der Waals surface area contributed by atoms with Gasteiger partial charge in [0.2, 0.25) is 0 Å². The molecule has 0 spiro atoms. The molecule has 0 aliphatic heterocycles. The first kappa shape index (κ1) is 8.47. The van der Waals surface area contributed by atoms with Crippen molar-refractivity contribution in [3.05, 3.63) is 30.9 Å². The maximum absolute atomic E-state index is 5.56. The van der Waals surface area contributed by atoms with Crippen molar-refractivity contribution in [3.8, 4) is 11.3 Å². The quantitative estimate of drug-likeness (QED) is 0.805. The number of hydrogen-bond donors (Lipinski definition) is 1. The van der Waals surface area contributed by atoms with E-state index < -0.39 is 0 Å². The summed E-state index contributed by atoms with van der Waals surface area (Å²) >= 11 is 0. The number of imidazole rings is 1. The second-order valence-electron chi connectivity index (χ2n) is 3.89. The highest BCUT2D eigenvalue weighted by Gasteiger charge is 2.25. The number of nitrogens with two attached hydrogens (primary N) is 1. The number of anilines is 1. The summed E-state index contributed by atoms with van der Waals surface area (Å²) in [6.45, 7) is 0. The number of pyridine rings is 1. The maximum atomic E-state index is 5.56. The molecule has 0 unspecified atom stereocenters. The average molecular weight is 200 g/mol. The topological polar surface area (TPSA) is 56.7 Å². The van der Waals surface area contributed by atoms with Crippen molar-refractivity contribution in [1.29, 1.82) is 0 Å². The van der Waals surface area contributed by atoms with Crippen molar-refractivity contribution in [1.82, 2.24) is 14.5 Å². The lowest BCUT2D eigenvalue weighted by Gasteiger charge is -2.05. The fourth-order valence-electron chi connectivity index (χ4n) is 1.73. The van der Waals surface area contributed by atoms with E-state index in [-0.39, 0.29) is 0 Å². The van der Waals surface area contributed by atoms with Crippen LogP contribution in [0.1, 0.15) is 18.9 Å². The minimum absolute atomic E-state index is 0.552. The van der Waals surface area contributed by atoms with Crippen LogP contribution in [0.5, 0.6) is 0 Å². The summed E-state index contributed by atoms with van der Waals surface area (Å²) in [6, 6.07) is 4.44. The minimum Gasteiger partial charge on any atom is -0.384 e. The van der Waals surface area contributed by atoms with Crippen LogP contribution >= 0.6 is 0 Å². The van der Waals surface area contributed by atoms with Gasteiger partial charge < -0.3 is 10.3 Å². The molecular formula is C11H12N4. The summed E-state index contributed by atoms with van der Waals surface area (Å²) in [5.74, 6) is 0.552. The molecule has 0 atom stereocenters. The first-order valence-corrected chi connectivity index (χ1v) is 5.08. The zero-order chi connectivity index (χ0) is 10.3. The Balaban J connectivity index is 2.04. The Hall–Kier alpha value is -1.84. The molecule has 4 nitrogen and oxygen atoms in total. The number of rotatable bonds is 2. The van der Waals surface area contributed by atoms with E-state index in [1.54, 1.807) is 6.20 Å². The molecule has 0 amide bonds. The molecule has 3 rings (SSSR count). The molecule has 2 aromatic rings. The third kappa shape index (κ3) is 1.48. The third-order valence-electron chi connectivity index (χ3n) is 2.69. The molecular weight excluding hydrogens is 188 g/mol. The van der Waals surface area contributed by atoms with Crippen LogP contribution in [0.2, 0.25) is 0 Å². The SMILES string of the molecule is Nc1ccc(-c2cncn2C2CC2)cn1. The van der Waals surface area contributed by atoms with Crippen LogP contribution in [0.4, 0.5) is 5.82 Å². The van der Waals surface area contributed by atoms with Crippen LogP contribution in [0, 0.1) is 0 Å².